The molecule has 2 aromatic heterocycles. The van der Waals surface area contributed by atoms with Gasteiger partial charge in [-0.15, -0.1) is 11.3 Å². The first-order valence-corrected chi connectivity index (χ1v) is 6.28. The number of rotatable bonds is 3. The van der Waals surface area contributed by atoms with Crippen LogP contribution in [0.1, 0.15) is 10.7 Å². The predicted molar refractivity (Wildman–Crippen MR) is 66.1 cm³/mol. The van der Waals surface area contributed by atoms with Crippen LogP contribution in [0, 0.1) is 12.7 Å². The standard InChI is InChI=1S/C10H9BrFN3S/c1-6-5-16-9(15-6)4-14-10-8(12)2-7(11)3-13-10/h2-3,5H,4H2,1H3,(H,13,14). The fraction of sp³-hybridized carbons (Fsp3) is 0.200. The van der Waals surface area contributed by atoms with Crippen molar-refractivity contribution >= 4 is 33.1 Å². The highest BCUT2D eigenvalue weighted by Crippen LogP contribution is 2.17. The maximum Gasteiger partial charge on any atom is 0.166 e. The molecule has 0 aliphatic heterocycles. The zero-order chi connectivity index (χ0) is 11.5. The van der Waals surface area contributed by atoms with E-state index in [2.05, 4.69) is 31.2 Å². The summed E-state index contributed by atoms with van der Waals surface area (Å²) in [7, 11) is 0. The number of aryl methyl sites for hydroxylation is 1. The number of hydrogen-bond donors (Lipinski definition) is 1. The summed E-state index contributed by atoms with van der Waals surface area (Å²) in [5.74, 6) is -0.126. The van der Waals surface area contributed by atoms with Gasteiger partial charge in [0.25, 0.3) is 0 Å². The lowest BCUT2D eigenvalue weighted by Crippen LogP contribution is -2.03. The molecule has 0 amide bonds. The molecule has 1 N–H and O–H groups in total. The number of anilines is 1. The van der Waals surface area contributed by atoms with E-state index in [4.69, 9.17) is 0 Å². The minimum Gasteiger partial charge on any atom is -0.361 e. The Balaban J connectivity index is 2.04. The Labute approximate surface area is 105 Å². The average molecular weight is 302 g/mol. The van der Waals surface area contributed by atoms with Gasteiger partial charge in [-0.3, -0.25) is 0 Å². The van der Waals surface area contributed by atoms with Crippen LogP contribution in [-0.4, -0.2) is 9.97 Å². The number of halogens is 2. The van der Waals surface area contributed by atoms with Crippen molar-refractivity contribution in [1.82, 2.24) is 9.97 Å². The molecule has 0 aromatic carbocycles. The van der Waals surface area contributed by atoms with E-state index in [0.717, 1.165) is 10.7 Å². The Morgan fingerprint density at radius 2 is 2.38 bits per heavy atom. The van der Waals surface area contributed by atoms with E-state index in [1.54, 1.807) is 17.5 Å². The van der Waals surface area contributed by atoms with Crippen molar-refractivity contribution in [2.75, 3.05) is 5.32 Å². The SMILES string of the molecule is Cc1csc(CNc2ncc(Br)cc2F)n1. The molecule has 0 fully saturated rings. The van der Waals surface area contributed by atoms with E-state index in [9.17, 15) is 4.39 Å². The predicted octanol–water partition coefficient (Wildman–Crippen LogP) is 3.36. The quantitative estimate of drug-likeness (QED) is 0.944. The Morgan fingerprint density at radius 3 is 3.00 bits per heavy atom. The van der Waals surface area contributed by atoms with E-state index >= 15 is 0 Å². The molecular weight excluding hydrogens is 293 g/mol. The molecule has 3 nitrogen and oxygen atoms in total. The second kappa shape index (κ2) is 4.88. The van der Waals surface area contributed by atoms with Gasteiger partial charge in [0.15, 0.2) is 11.6 Å². The smallest absolute Gasteiger partial charge is 0.166 e. The maximum absolute atomic E-state index is 13.4. The molecule has 84 valence electrons. The molecule has 2 heterocycles. The topological polar surface area (TPSA) is 37.8 Å². The summed E-state index contributed by atoms with van der Waals surface area (Å²) in [6, 6.07) is 1.38. The lowest BCUT2D eigenvalue weighted by atomic mass is 10.4. The largest absolute Gasteiger partial charge is 0.361 e. The molecule has 0 radical (unpaired) electrons. The number of nitrogens with zero attached hydrogens (tertiary/aromatic N) is 2. The van der Waals surface area contributed by atoms with Crippen molar-refractivity contribution in [1.29, 1.82) is 0 Å². The third kappa shape index (κ3) is 2.76. The van der Waals surface area contributed by atoms with Crippen molar-refractivity contribution in [3.63, 3.8) is 0 Å². The summed E-state index contributed by atoms with van der Waals surface area (Å²) in [6.45, 7) is 2.42. The average Bonchev–Trinajstić information content (AvgIpc) is 2.63. The van der Waals surface area contributed by atoms with Gasteiger partial charge in [0, 0.05) is 21.7 Å². The van der Waals surface area contributed by atoms with Crippen molar-refractivity contribution in [2.24, 2.45) is 0 Å². The molecule has 0 saturated heterocycles. The third-order valence-electron chi connectivity index (χ3n) is 1.88. The summed E-state index contributed by atoms with van der Waals surface area (Å²) >= 11 is 4.70. The van der Waals surface area contributed by atoms with E-state index in [-0.39, 0.29) is 11.6 Å². The van der Waals surface area contributed by atoms with E-state index in [1.807, 2.05) is 12.3 Å². The fourth-order valence-electron chi connectivity index (χ4n) is 1.19. The van der Waals surface area contributed by atoms with Crippen molar-refractivity contribution < 1.29 is 4.39 Å². The van der Waals surface area contributed by atoms with E-state index < -0.39 is 0 Å². The molecule has 0 aliphatic carbocycles. The van der Waals surface area contributed by atoms with Gasteiger partial charge in [0.05, 0.1) is 6.54 Å². The van der Waals surface area contributed by atoms with Gasteiger partial charge in [-0.05, 0) is 28.9 Å². The van der Waals surface area contributed by atoms with Gasteiger partial charge >= 0.3 is 0 Å². The molecule has 2 rings (SSSR count). The van der Waals surface area contributed by atoms with Crippen LogP contribution in [0.4, 0.5) is 10.2 Å². The van der Waals surface area contributed by atoms with E-state index in [1.165, 1.54) is 6.07 Å². The second-order valence-electron chi connectivity index (χ2n) is 3.22. The van der Waals surface area contributed by atoms with Crippen LogP contribution in [0.3, 0.4) is 0 Å². The van der Waals surface area contributed by atoms with Crippen LogP contribution in [0.15, 0.2) is 22.1 Å². The number of hydrogen-bond acceptors (Lipinski definition) is 4. The molecule has 0 bridgehead atoms. The van der Waals surface area contributed by atoms with Gasteiger partial charge < -0.3 is 5.32 Å². The van der Waals surface area contributed by atoms with Crippen LogP contribution in [0.5, 0.6) is 0 Å². The van der Waals surface area contributed by atoms with Crippen LogP contribution in [-0.2, 0) is 6.54 Å². The number of nitrogens with one attached hydrogen (secondary N) is 1. The van der Waals surface area contributed by atoms with Gasteiger partial charge in [-0.2, -0.15) is 0 Å². The van der Waals surface area contributed by atoms with Crippen LogP contribution < -0.4 is 5.32 Å². The first-order valence-electron chi connectivity index (χ1n) is 4.61. The fourth-order valence-corrected chi connectivity index (χ4v) is 2.20. The maximum atomic E-state index is 13.4. The first-order chi connectivity index (χ1) is 7.65. The van der Waals surface area contributed by atoms with Crippen molar-refractivity contribution in [2.45, 2.75) is 13.5 Å². The molecule has 0 unspecified atom stereocenters. The molecule has 0 saturated carbocycles. The highest BCUT2D eigenvalue weighted by Gasteiger charge is 2.05. The lowest BCUT2D eigenvalue weighted by molar-refractivity contribution is 0.623. The first kappa shape index (κ1) is 11.5. The Morgan fingerprint density at radius 1 is 1.56 bits per heavy atom. The highest BCUT2D eigenvalue weighted by atomic mass is 79.9. The summed E-state index contributed by atoms with van der Waals surface area (Å²) in [5.41, 5.74) is 0.978. The Bertz CT molecular complexity index is 501. The van der Waals surface area contributed by atoms with Crippen LogP contribution in [0.25, 0.3) is 0 Å². The van der Waals surface area contributed by atoms with Crippen LogP contribution in [0.2, 0.25) is 0 Å². The van der Waals surface area contributed by atoms with Gasteiger partial charge in [-0.1, -0.05) is 0 Å². The molecule has 16 heavy (non-hydrogen) atoms. The minimum atomic E-state index is -0.373. The highest BCUT2D eigenvalue weighted by molar-refractivity contribution is 9.10. The van der Waals surface area contributed by atoms with Crippen molar-refractivity contribution in [3.05, 3.63) is 38.6 Å². The lowest BCUT2D eigenvalue weighted by Gasteiger charge is -2.04. The summed E-state index contributed by atoms with van der Waals surface area (Å²) < 4.78 is 14.0. The molecular formula is C10H9BrFN3S. The molecule has 0 aliphatic rings. The number of aromatic nitrogens is 2. The van der Waals surface area contributed by atoms with Gasteiger partial charge in [-0.25, -0.2) is 14.4 Å². The Hall–Kier alpha value is -1.01. The molecule has 6 heteroatoms. The zero-order valence-corrected chi connectivity index (χ0v) is 10.9. The normalized spacial score (nSPS) is 10.4. The molecule has 0 spiro atoms. The Kier molecular flexibility index (Phi) is 3.50. The summed E-state index contributed by atoms with van der Waals surface area (Å²) in [4.78, 5) is 8.21. The van der Waals surface area contributed by atoms with Crippen LogP contribution >= 0.6 is 27.3 Å². The molecule has 0 atom stereocenters. The minimum absolute atomic E-state index is 0.246. The molecule has 2 aromatic rings. The van der Waals surface area contributed by atoms with Crippen molar-refractivity contribution in [3.8, 4) is 0 Å². The number of thiazole rings is 1. The second-order valence-corrected chi connectivity index (χ2v) is 5.08. The van der Waals surface area contributed by atoms with Gasteiger partial charge in [0.2, 0.25) is 0 Å². The summed E-state index contributed by atoms with van der Waals surface area (Å²) in [6.07, 6.45) is 1.55. The zero-order valence-electron chi connectivity index (χ0n) is 8.50. The van der Waals surface area contributed by atoms with E-state index in [0.29, 0.717) is 11.0 Å². The number of pyridine rings is 1. The monoisotopic (exact) mass is 301 g/mol. The third-order valence-corrected chi connectivity index (χ3v) is 3.28. The summed E-state index contributed by atoms with van der Waals surface area (Å²) in [5, 5.41) is 5.79. The van der Waals surface area contributed by atoms with Gasteiger partial charge in [0.1, 0.15) is 5.01 Å².